The Hall–Kier alpha value is -2.11. The standard InChI is InChI=1S/C15H17FN2O3/c1-15(10-2-3-10)13(19)18(14(20)17-15)8-9-21-12-6-4-11(16)5-7-12/h4-7,10H,2-3,8-9H2,1H3,(H,17,20). The third kappa shape index (κ3) is 2.57. The molecular weight excluding hydrogens is 275 g/mol. The second-order valence-electron chi connectivity index (χ2n) is 5.67. The van der Waals surface area contributed by atoms with Crippen LogP contribution in [0.15, 0.2) is 24.3 Å². The van der Waals surface area contributed by atoms with Crippen LogP contribution in [0.4, 0.5) is 9.18 Å². The van der Waals surface area contributed by atoms with Crippen LogP contribution in [0.3, 0.4) is 0 Å². The molecule has 2 aliphatic rings. The van der Waals surface area contributed by atoms with Crippen molar-refractivity contribution in [3.63, 3.8) is 0 Å². The molecule has 0 bridgehead atoms. The van der Waals surface area contributed by atoms with Crippen molar-refractivity contribution < 1.29 is 18.7 Å². The maximum absolute atomic E-state index is 12.8. The van der Waals surface area contributed by atoms with Crippen LogP contribution < -0.4 is 10.1 Å². The highest BCUT2D eigenvalue weighted by Crippen LogP contribution is 2.42. The molecule has 6 heteroatoms. The van der Waals surface area contributed by atoms with E-state index in [0.29, 0.717) is 5.75 Å². The number of nitrogens with one attached hydrogen (secondary N) is 1. The van der Waals surface area contributed by atoms with Gasteiger partial charge in [-0.05, 0) is 49.9 Å². The molecule has 1 saturated heterocycles. The zero-order valence-corrected chi connectivity index (χ0v) is 11.8. The monoisotopic (exact) mass is 292 g/mol. The van der Waals surface area contributed by atoms with Crippen molar-refractivity contribution in [2.45, 2.75) is 25.3 Å². The Bertz CT molecular complexity index is 571. The normalized spacial score (nSPS) is 25.1. The third-order valence-electron chi connectivity index (χ3n) is 4.09. The first-order valence-corrected chi connectivity index (χ1v) is 7.03. The molecule has 1 aromatic carbocycles. The molecule has 0 radical (unpaired) electrons. The van der Waals surface area contributed by atoms with Gasteiger partial charge in [0.25, 0.3) is 5.91 Å². The summed E-state index contributed by atoms with van der Waals surface area (Å²) in [6, 6.07) is 5.25. The molecule has 2 fully saturated rings. The maximum Gasteiger partial charge on any atom is 0.325 e. The van der Waals surface area contributed by atoms with Gasteiger partial charge in [-0.2, -0.15) is 0 Å². The van der Waals surface area contributed by atoms with E-state index < -0.39 is 5.54 Å². The highest BCUT2D eigenvalue weighted by atomic mass is 19.1. The largest absolute Gasteiger partial charge is 0.492 e. The SMILES string of the molecule is CC1(C2CC2)NC(=O)N(CCOc2ccc(F)cc2)C1=O. The van der Waals surface area contributed by atoms with Gasteiger partial charge in [-0.3, -0.25) is 9.69 Å². The Labute approximate surface area is 122 Å². The van der Waals surface area contributed by atoms with Crippen LogP contribution in [0, 0.1) is 11.7 Å². The smallest absolute Gasteiger partial charge is 0.325 e. The molecule has 3 rings (SSSR count). The molecule has 3 amide bonds. The lowest BCUT2D eigenvalue weighted by atomic mass is 9.96. The fraction of sp³-hybridized carbons (Fsp3) is 0.467. The highest BCUT2D eigenvalue weighted by Gasteiger charge is 2.55. The number of carbonyl (C=O) groups excluding carboxylic acids is 2. The summed E-state index contributed by atoms with van der Waals surface area (Å²) in [5.74, 6) is 0.236. The summed E-state index contributed by atoms with van der Waals surface area (Å²) in [6.07, 6.45) is 1.95. The van der Waals surface area contributed by atoms with Gasteiger partial charge in [0.1, 0.15) is 23.7 Å². The summed E-state index contributed by atoms with van der Waals surface area (Å²) in [5.41, 5.74) is -0.757. The van der Waals surface area contributed by atoms with E-state index in [4.69, 9.17) is 4.74 Å². The number of imide groups is 1. The third-order valence-corrected chi connectivity index (χ3v) is 4.09. The molecule has 1 saturated carbocycles. The maximum atomic E-state index is 12.8. The van der Waals surface area contributed by atoms with Crippen LogP contribution in [-0.4, -0.2) is 35.5 Å². The van der Waals surface area contributed by atoms with Crippen LogP contribution in [0.1, 0.15) is 19.8 Å². The van der Waals surface area contributed by atoms with E-state index in [1.165, 1.54) is 29.2 Å². The fourth-order valence-electron chi connectivity index (χ4n) is 2.64. The van der Waals surface area contributed by atoms with Gasteiger partial charge in [-0.25, -0.2) is 9.18 Å². The number of rotatable bonds is 5. The Morgan fingerprint density at radius 2 is 2.00 bits per heavy atom. The zero-order chi connectivity index (χ0) is 15.0. The first-order chi connectivity index (χ1) is 10.0. The quantitative estimate of drug-likeness (QED) is 0.844. The molecule has 5 nitrogen and oxygen atoms in total. The van der Waals surface area contributed by atoms with E-state index in [1.54, 1.807) is 6.92 Å². The number of nitrogens with zero attached hydrogens (tertiary/aromatic N) is 1. The molecule has 1 aromatic rings. The van der Waals surface area contributed by atoms with Crippen LogP contribution in [0.2, 0.25) is 0 Å². The van der Waals surface area contributed by atoms with Crippen molar-refractivity contribution >= 4 is 11.9 Å². The molecule has 1 aliphatic heterocycles. The van der Waals surface area contributed by atoms with Crippen LogP contribution in [0.5, 0.6) is 5.75 Å². The van der Waals surface area contributed by atoms with Crippen molar-refractivity contribution in [3.8, 4) is 5.75 Å². The molecule has 0 aromatic heterocycles. The number of halogens is 1. The number of amides is 3. The first kappa shape index (κ1) is 13.9. The second kappa shape index (κ2) is 5.02. The number of carbonyl (C=O) groups is 2. The van der Waals surface area contributed by atoms with Gasteiger partial charge in [-0.15, -0.1) is 0 Å². The molecule has 21 heavy (non-hydrogen) atoms. The molecule has 1 atom stereocenters. The lowest BCUT2D eigenvalue weighted by molar-refractivity contribution is -0.131. The van der Waals surface area contributed by atoms with Gasteiger partial charge in [-0.1, -0.05) is 0 Å². The van der Waals surface area contributed by atoms with E-state index in [2.05, 4.69) is 5.32 Å². The Morgan fingerprint density at radius 3 is 2.62 bits per heavy atom. The summed E-state index contributed by atoms with van der Waals surface area (Å²) in [6.45, 7) is 2.15. The fourth-order valence-corrected chi connectivity index (χ4v) is 2.64. The Morgan fingerprint density at radius 1 is 1.33 bits per heavy atom. The van der Waals surface area contributed by atoms with Gasteiger partial charge in [0, 0.05) is 0 Å². The van der Waals surface area contributed by atoms with Crippen molar-refractivity contribution in [1.82, 2.24) is 10.2 Å². The number of ether oxygens (including phenoxy) is 1. The summed E-state index contributed by atoms with van der Waals surface area (Å²) in [4.78, 5) is 25.4. The number of benzene rings is 1. The van der Waals surface area contributed by atoms with Crippen LogP contribution >= 0.6 is 0 Å². The summed E-state index contributed by atoms with van der Waals surface area (Å²) in [7, 11) is 0. The van der Waals surface area contributed by atoms with Gasteiger partial charge in [0.05, 0.1) is 6.54 Å². The average Bonchev–Trinajstić information content (AvgIpc) is 3.26. The van der Waals surface area contributed by atoms with Gasteiger partial charge in [0.15, 0.2) is 0 Å². The molecule has 112 valence electrons. The topological polar surface area (TPSA) is 58.6 Å². The minimum Gasteiger partial charge on any atom is -0.492 e. The van der Waals surface area contributed by atoms with Gasteiger partial charge >= 0.3 is 6.03 Å². The minimum atomic E-state index is -0.757. The number of hydrogen-bond acceptors (Lipinski definition) is 3. The lowest BCUT2D eigenvalue weighted by Gasteiger charge is -2.20. The van der Waals surface area contributed by atoms with Crippen molar-refractivity contribution in [3.05, 3.63) is 30.1 Å². The molecule has 1 unspecified atom stereocenters. The minimum absolute atomic E-state index is 0.183. The summed E-state index contributed by atoms with van der Waals surface area (Å²) < 4.78 is 18.2. The van der Waals surface area contributed by atoms with E-state index >= 15 is 0 Å². The van der Waals surface area contributed by atoms with E-state index in [0.717, 1.165) is 12.8 Å². The van der Waals surface area contributed by atoms with E-state index in [1.807, 2.05) is 0 Å². The van der Waals surface area contributed by atoms with Crippen molar-refractivity contribution in [2.75, 3.05) is 13.2 Å². The van der Waals surface area contributed by atoms with E-state index in [-0.39, 0.29) is 36.8 Å². The van der Waals surface area contributed by atoms with Gasteiger partial charge in [0.2, 0.25) is 0 Å². The van der Waals surface area contributed by atoms with Gasteiger partial charge < -0.3 is 10.1 Å². The highest BCUT2D eigenvalue weighted by molar-refractivity contribution is 6.07. The molecule has 1 heterocycles. The molecule has 0 spiro atoms. The Balaban J connectivity index is 1.56. The summed E-state index contributed by atoms with van der Waals surface area (Å²) in [5, 5.41) is 2.78. The van der Waals surface area contributed by atoms with E-state index in [9.17, 15) is 14.0 Å². The van der Waals surface area contributed by atoms with Crippen molar-refractivity contribution in [1.29, 1.82) is 0 Å². The molecule has 1 N–H and O–H groups in total. The lowest BCUT2D eigenvalue weighted by Crippen LogP contribution is -2.46. The molecular formula is C15H17FN2O3. The predicted molar refractivity (Wildman–Crippen MR) is 73.3 cm³/mol. The average molecular weight is 292 g/mol. The number of urea groups is 1. The predicted octanol–water partition coefficient (Wildman–Crippen LogP) is 1.93. The second-order valence-corrected chi connectivity index (χ2v) is 5.67. The Kier molecular flexibility index (Phi) is 3.31. The number of hydrogen-bond donors (Lipinski definition) is 1. The first-order valence-electron chi connectivity index (χ1n) is 7.03. The van der Waals surface area contributed by atoms with Crippen LogP contribution in [0.25, 0.3) is 0 Å². The summed E-state index contributed by atoms with van der Waals surface area (Å²) >= 11 is 0. The van der Waals surface area contributed by atoms with Crippen LogP contribution in [-0.2, 0) is 4.79 Å². The molecule has 1 aliphatic carbocycles. The zero-order valence-electron chi connectivity index (χ0n) is 11.8. The van der Waals surface area contributed by atoms with Crippen molar-refractivity contribution in [2.24, 2.45) is 5.92 Å².